The van der Waals surface area contributed by atoms with E-state index in [1.165, 1.54) is 0 Å². The maximum Gasteiger partial charge on any atom is 0.223 e. The zero-order chi connectivity index (χ0) is 13.0. The maximum absolute atomic E-state index is 11.9. The van der Waals surface area contributed by atoms with Gasteiger partial charge in [-0.25, -0.2) is 0 Å². The van der Waals surface area contributed by atoms with Crippen molar-refractivity contribution >= 4 is 21.8 Å². The molecule has 2 rings (SSSR count). The summed E-state index contributed by atoms with van der Waals surface area (Å²) in [4.78, 5) is 13.8. The Hall–Kier alpha value is -0.870. The van der Waals surface area contributed by atoms with Crippen molar-refractivity contribution in [2.45, 2.75) is 18.9 Å². The molecule has 0 saturated carbocycles. The van der Waals surface area contributed by atoms with Gasteiger partial charge < -0.3 is 10.0 Å². The van der Waals surface area contributed by atoms with E-state index in [1.54, 1.807) is 0 Å². The van der Waals surface area contributed by atoms with E-state index in [2.05, 4.69) is 15.9 Å². The highest BCUT2D eigenvalue weighted by atomic mass is 79.9. The van der Waals surface area contributed by atoms with Crippen molar-refractivity contribution in [2.75, 3.05) is 18.5 Å². The van der Waals surface area contributed by atoms with Gasteiger partial charge in [0, 0.05) is 18.3 Å². The summed E-state index contributed by atoms with van der Waals surface area (Å²) in [5, 5.41) is 10.4. The fraction of sp³-hybridized carbons (Fsp3) is 0.500. The predicted molar refractivity (Wildman–Crippen MR) is 74.6 cm³/mol. The third-order valence-electron chi connectivity index (χ3n) is 3.42. The molecule has 0 radical (unpaired) electrons. The molecular weight excluding hydrogens is 294 g/mol. The number of hydrogen-bond acceptors (Lipinski definition) is 2. The highest BCUT2D eigenvalue weighted by molar-refractivity contribution is 9.09. The summed E-state index contributed by atoms with van der Waals surface area (Å²) in [6.45, 7) is 0.776. The van der Waals surface area contributed by atoms with Crippen molar-refractivity contribution < 1.29 is 9.90 Å². The van der Waals surface area contributed by atoms with Gasteiger partial charge in [0.05, 0.1) is 12.6 Å². The Morgan fingerprint density at radius 1 is 1.39 bits per heavy atom. The molecular formula is C14H18BrNO2. The molecule has 0 spiro atoms. The Labute approximate surface area is 116 Å². The summed E-state index contributed by atoms with van der Waals surface area (Å²) in [7, 11) is 0. The molecule has 1 heterocycles. The molecule has 18 heavy (non-hydrogen) atoms. The third-order valence-corrected chi connectivity index (χ3v) is 4.34. The number of aliphatic hydroxyl groups is 1. The summed E-state index contributed by atoms with van der Waals surface area (Å²) in [6.07, 6.45) is 1.31. The average Bonchev–Trinajstić information content (AvgIpc) is 2.78. The Morgan fingerprint density at radius 3 is 2.67 bits per heavy atom. The number of rotatable bonds is 5. The highest BCUT2D eigenvalue weighted by Gasteiger charge is 2.33. The molecule has 1 N–H and O–H groups in total. The van der Waals surface area contributed by atoms with Crippen molar-refractivity contribution in [3.05, 3.63) is 35.9 Å². The molecule has 1 aliphatic heterocycles. The van der Waals surface area contributed by atoms with Gasteiger partial charge in [-0.15, -0.1) is 0 Å². The van der Waals surface area contributed by atoms with Gasteiger partial charge in [0.2, 0.25) is 5.91 Å². The maximum atomic E-state index is 11.9. The number of carbonyl (C=O) groups is 1. The summed E-state index contributed by atoms with van der Waals surface area (Å²) in [5.74, 6) is 0.539. The zero-order valence-corrected chi connectivity index (χ0v) is 11.8. The molecule has 1 amide bonds. The van der Waals surface area contributed by atoms with E-state index >= 15 is 0 Å². The first-order valence-electron chi connectivity index (χ1n) is 6.24. The van der Waals surface area contributed by atoms with Crippen molar-refractivity contribution in [3.8, 4) is 0 Å². The van der Waals surface area contributed by atoms with Gasteiger partial charge in [0.1, 0.15) is 0 Å². The molecule has 98 valence electrons. The molecule has 4 heteroatoms. The van der Waals surface area contributed by atoms with Crippen LogP contribution in [-0.2, 0) is 11.2 Å². The number of halogens is 1. The number of likely N-dealkylation sites (tertiary alicyclic amines) is 1. The Bertz CT molecular complexity index is 396. The standard InChI is InChI=1S/C14H18BrNO2/c15-8-12-7-14(18)16(9-12)13(10-17)6-11-4-2-1-3-5-11/h1-5,12-13,17H,6-10H2. The summed E-state index contributed by atoms with van der Waals surface area (Å²) >= 11 is 3.43. The van der Waals surface area contributed by atoms with Gasteiger partial charge in [0.15, 0.2) is 0 Å². The van der Waals surface area contributed by atoms with E-state index in [0.29, 0.717) is 12.3 Å². The van der Waals surface area contributed by atoms with Gasteiger partial charge in [-0.05, 0) is 17.9 Å². The molecule has 2 unspecified atom stereocenters. The van der Waals surface area contributed by atoms with Crippen molar-refractivity contribution in [3.63, 3.8) is 0 Å². The number of aliphatic hydroxyl groups excluding tert-OH is 1. The molecule has 1 aromatic rings. The number of hydrogen-bond donors (Lipinski definition) is 1. The Balaban J connectivity index is 2.03. The van der Waals surface area contributed by atoms with Crippen LogP contribution in [-0.4, -0.2) is 40.4 Å². The molecule has 2 atom stereocenters. The van der Waals surface area contributed by atoms with Gasteiger partial charge in [-0.1, -0.05) is 46.3 Å². The smallest absolute Gasteiger partial charge is 0.223 e. The fourth-order valence-electron chi connectivity index (χ4n) is 2.42. The van der Waals surface area contributed by atoms with Crippen LogP contribution in [0.15, 0.2) is 30.3 Å². The molecule has 1 aliphatic rings. The molecule has 0 aromatic heterocycles. The lowest BCUT2D eigenvalue weighted by Crippen LogP contribution is -2.40. The normalized spacial score (nSPS) is 21.3. The minimum absolute atomic E-state index is 0.0235. The van der Waals surface area contributed by atoms with Crippen LogP contribution in [0.3, 0.4) is 0 Å². The van der Waals surface area contributed by atoms with Crippen LogP contribution < -0.4 is 0 Å². The van der Waals surface area contributed by atoms with E-state index in [-0.39, 0.29) is 18.6 Å². The summed E-state index contributed by atoms with van der Waals surface area (Å²) < 4.78 is 0. The molecule has 3 nitrogen and oxygen atoms in total. The predicted octanol–water partition coefficient (Wildman–Crippen LogP) is 1.83. The molecule has 0 bridgehead atoms. The summed E-state index contributed by atoms with van der Waals surface area (Å²) in [6, 6.07) is 9.91. The second-order valence-electron chi connectivity index (χ2n) is 4.80. The minimum Gasteiger partial charge on any atom is -0.394 e. The lowest BCUT2D eigenvalue weighted by Gasteiger charge is -2.26. The second kappa shape index (κ2) is 6.34. The Kier molecular flexibility index (Phi) is 4.78. The van der Waals surface area contributed by atoms with E-state index in [4.69, 9.17) is 0 Å². The van der Waals surface area contributed by atoms with Crippen molar-refractivity contribution in [1.82, 2.24) is 4.90 Å². The van der Waals surface area contributed by atoms with E-state index in [9.17, 15) is 9.90 Å². The first kappa shape index (κ1) is 13.6. The van der Waals surface area contributed by atoms with Crippen LogP contribution in [0, 0.1) is 5.92 Å². The number of amides is 1. The average molecular weight is 312 g/mol. The van der Waals surface area contributed by atoms with Crippen LogP contribution in [0.4, 0.5) is 0 Å². The number of benzene rings is 1. The molecule has 1 saturated heterocycles. The lowest BCUT2D eigenvalue weighted by atomic mass is 10.1. The topological polar surface area (TPSA) is 40.5 Å². The fourth-order valence-corrected chi connectivity index (χ4v) is 2.86. The van der Waals surface area contributed by atoms with Crippen LogP contribution in [0.1, 0.15) is 12.0 Å². The molecule has 1 fully saturated rings. The van der Waals surface area contributed by atoms with Gasteiger partial charge in [-0.2, -0.15) is 0 Å². The van der Waals surface area contributed by atoms with Crippen LogP contribution in [0.5, 0.6) is 0 Å². The first-order chi connectivity index (χ1) is 8.74. The third kappa shape index (κ3) is 3.12. The molecule has 0 aliphatic carbocycles. The van der Waals surface area contributed by atoms with Crippen LogP contribution in [0.25, 0.3) is 0 Å². The van der Waals surface area contributed by atoms with Crippen LogP contribution in [0.2, 0.25) is 0 Å². The van der Waals surface area contributed by atoms with E-state index < -0.39 is 0 Å². The second-order valence-corrected chi connectivity index (χ2v) is 5.44. The summed E-state index contributed by atoms with van der Waals surface area (Å²) in [5.41, 5.74) is 1.16. The SMILES string of the molecule is O=C1CC(CBr)CN1C(CO)Cc1ccccc1. The van der Waals surface area contributed by atoms with E-state index in [1.807, 2.05) is 35.2 Å². The molecule has 1 aromatic carbocycles. The van der Waals surface area contributed by atoms with Gasteiger partial charge >= 0.3 is 0 Å². The van der Waals surface area contributed by atoms with Crippen molar-refractivity contribution in [1.29, 1.82) is 0 Å². The monoisotopic (exact) mass is 311 g/mol. The van der Waals surface area contributed by atoms with Gasteiger partial charge in [0.25, 0.3) is 0 Å². The zero-order valence-electron chi connectivity index (χ0n) is 10.3. The Morgan fingerprint density at radius 2 is 2.11 bits per heavy atom. The number of alkyl halides is 1. The van der Waals surface area contributed by atoms with Gasteiger partial charge in [-0.3, -0.25) is 4.79 Å². The number of carbonyl (C=O) groups excluding carboxylic acids is 1. The first-order valence-corrected chi connectivity index (χ1v) is 7.37. The van der Waals surface area contributed by atoms with E-state index in [0.717, 1.165) is 23.9 Å². The largest absolute Gasteiger partial charge is 0.394 e. The van der Waals surface area contributed by atoms with Crippen molar-refractivity contribution in [2.24, 2.45) is 5.92 Å². The minimum atomic E-state index is -0.0936. The lowest BCUT2D eigenvalue weighted by molar-refractivity contribution is -0.130. The van der Waals surface area contributed by atoms with Crippen LogP contribution >= 0.6 is 15.9 Å². The quantitative estimate of drug-likeness (QED) is 0.843. The number of nitrogens with zero attached hydrogens (tertiary/aromatic N) is 1. The highest BCUT2D eigenvalue weighted by Crippen LogP contribution is 2.23.